The second-order valence-electron chi connectivity index (χ2n) is 6.74. The molecule has 24 heavy (non-hydrogen) atoms. The monoisotopic (exact) mass is 331 g/mol. The fraction of sp³-hybridized carbons (Fsp3) is 0.647. The summed E-state index contributed by atoms with van der Waals surface area (Å²) in [6, 6.07) is -0.291. The molecular formula is C17H25N5O2. The molecule has 0 aliphatic heterocycles. The fourth-order valence-electron chi connectivity index (χ4n) is 2.86. The van der Waals surface area contributed by atoms with Gasteiger partial charge in [-0.05, 0) is 19.8 Å². The van der Waals surface area contributed by atoms with Gasteiger partial charge < -0.3 is 14.4 Å². The zero-order chi connectivity index (χ0) is 17.1. The minimum atomic E-state index is -0.291. The van der Waals surface area contributed by atoms with E-state index in [9.17, 15) is 4.79 Å². The van der Waals surface area contributed by atoms with Crippen LogP contribution in [-0.4, -0.2) is 32.1 Å². The van der Waals surface area contributed by atoms with Gasteiger partial charge in [0, 0.05) is 37.2 Å². The summed E-state index contributed by atoms with van der Waals surface area (Å²) >= 11 is 0. The molecule has 0 saturated heterocycles. The highest BCUT2D eigenvalue weighted by molar-refractivity contribution is 5.79. The molecule has 0 aromatic carbocycles. The molecule has 130 valence electrons. The van der Waals surface area contributed by atoms with Gasteiger partial charge in [-0.1, -0.05) is 25.4 Å². The van der Waals surface area contributed by atoms with Crippen LogP contribution >= 0.6 is 0 Å². The lowest BCUT2D eigenvalue weighted by Crippen LogP contribution is -2.33. The number of aromatic nitrogens is 4. The van der Waals surface area contributed by atoms with Crippen molar-refractivity contribution in [1.29, 1.82) is 0 Å². The number of nitrogens with zero attached hydrogens (tertiary/aromatic N) is 4. The topological polar surface area (TPSA) is 85.8 Å². The van der Waals surface area contributed by atoms with Crippen molar-refractivity contribution in [2.75, 3.05) is 6.54 Å². The number of carbonyl (C=O) groups is 1. The third-order valence-electron chi connectivity index (χ3n) is 4.60. The lowest BCUT2D eigenvalue weighted by molar-refractivity contribution is -0.123. The van der Waals surface area contributed by atoms with E-state index >= 15 is 0 Å². The number of hydrogen-bond donors (Lipinski definition) is 1. The highest BCUT2D eigenvalue weighted by Gasteiger charge is 2.25. The maximum absolute atomic E-state index is 12.4. The summed E-state index contributed by atoms with van der Waals surface area (Å²) in [6.07, 6.45) is 7.68. The predicted molar refractivity (Wildman–Crippen MR) is 88.6 cm³/mol. The fourth-order valence-corrected chi connectivity index (χ4v) is 2.86. The summed E-state index contributed by atoms with van der Waals surface area (Å²) in [5.41, 5.74) is 0. The Morgan fingerprint density at radius 1 is 1.42 bits per heavy atom. The lowest BCUT2D eigenvalue weighted by atomic mass is 9.85. The van der Waals surface area contributed by atoms with Crippen molar-refractivity contribution in [1.82, 2.24) is 25.0 Å². The van der Waals surface area contributed by atoms with Gasteiger partial charge in [0.2, 0.25) is 11.8 Å². The standard InChI is InChI=1S/C17H25N5O2/c1-11(2)15-18-9-10-22(15)12(3)16(23)19-8-7-14-20-17(24-21-14)13-5-4-6-13/h9-13H,4-8H2,1-3H3,(H,19,23)/t12-/m1/s1. The highest BCUT2D eigenvalue weighted by atomic mass is 16.5. The number of imidazole rings is 1. The molecule has 2 aromatic heterocycles. The molecule has 1 N–H and O–H groups in total. The van der Waals surface area contributed by atoms with E-state index in [0.29, 0.717) is 24.7 Å². The average Bonchev–Trinajstić information content (AvgIpc) is 3.14. The number of carbonyl (C=O) groups excluding carboxylic acids is 1. The molecule has 1 fully saturated rings. The minimum absolute atomic E-state index is 0.0300. The van der Waals surface area contributed by atoms with Gasteiger partial charge in [0.25, 0.3) is 0 Å². The smallest absolute Gasteiger partial charge is 0.242 e. The number of hydrogen-bond acceptors (Lipinski definition) is 5. The van der Waals surface area contributed by atoms with Crippen LogP contribution in [0.25, 0.3) is 0 Å². The van der Waals surface area contributed by atoms with E-state index < -0.39 is 0 Å². The minimum Gasteiger partial charge on any atom is -0.354 e. The van der Waals surface area contributed by atoms with Crippen molar-refractivity contribution in [2.45, 2.75) is 64.3 Å². The van der Waals surface area contributed by atoms with Crippen LogP contribution in [0.15, 0.2) is 16.9 Å². The van der Waals surface area contributed by atoms with Crippen molar-refractivity contribution in [3.63, 3.8) is 0 Å². The van der Waals surface area contributed by atoms with Crippen molar-refractivity contribution in [3.05, 3.63) is 29.9 Å². The Balaban J connectivity index is 1.49. The normalized spacial score (nSPS) is 16.2. The van der Waals surface area contributed by atoms with Gasteiger partial charge in [-0.25, -0.2) is 4.98 Å². The van der Waals surface area contributed by atoms with Crippen molar-refractivity contribution in [3.8, 4) is 0 Å². The Labute approximate surface area is 141 Å². The van der Waals surface area contributed by atoms with Gasteiger partial charge >= 0.3 is 0 Å². The molecule has 0 spiro atoms. The van der Waals surface area contributed by atoms with Gasteiger partial charge in [0.05, 0.1) is 0 Å². The highest BCUT2D eigenvalue weighted by Crippen LogP contribution is 2.35. The average molecular weight is 331 g/mol. The summed E-state index contributed by atoms with van der Waals surface area (Å²) in [6.45, 7) is 6.52. The van der Waals surface area contributed by atoms with Crippen LogP contribution in [0.3, 0.4) is 0 Å². The Kier molecular flexibility index (Phi) is 4.97. The molecule has 1 aliphatic carbocycles. The van der Waals surface area contributed by atoms with Crippen molar-refractivity contribution in [2.24, 2.45) is 0 Å². The molecule has 0 bridgehead atoms. The molecule has 3 rings (SSSR count). The molecule has 1 atom stereocenters. The largest absolute Gasteiger partial charge is 0.354 e. The van der Waals surface area contributed by atoms with Crippen LogP contribution in [0.2, 0.25) is 0 Å². The molecule has 7 nitrogen and oxygen atoms in total. The van der Waals surface area contributed by atoms with Crippen LogP contribution in [0.1, 0.15) is 75.5 Å². The zero-order valence-electron chi connectivity index (χ0n) is 14.5. The Hall–Kier alpha value is -2.18. The van der Waals surface area contributed by atoms with E-state index in [-0.39, 0.29) is 17.9 Å². The van der Waals surface area contributed by atoms with E-state index in [1.165, 1.54) is 6.42 Å². The predicted octanol–water partition coefficient (Wildman–Crippen LogP) is 2.58. The van der Waals surface area contributed by atoms with Gasteiger partial charge in [0.15, 0.2) is 5.82 Å². The van der Waals surface area contributed by atoms with E-state index in [1.54, 1.807) is 6.20 Å². The molecule has 0 radical (unpaired) electrons. The summed E-state index contributed by atoms with van der Waals surface area (Å²) in [5.74, 6) is 3.01. The SMILES string of the molecule is CC(C)c1nccn1[C@H](C)C(=O)NCCc1noc(C2CCC2)n1. The van der Waals surface area contributed by atoms with Gasteiger partial charge in [-0.15, -0.1) is 0 Å². The summed E-state index contributed by atoms with van der Waals surface area (Å²) < 4.78 is 7.21. The lowest BCUT2D eigenvalue weighted by Gasteiger charge is -2.20. The molecule has 2 aromatic rings. The maximum atomic E-state index is 12.4. The molecule has 1 saturated carbocycles. The van der Waals surface area contributed by atoms with Crippen LogP contribution in [-0.2, 0) is 11.2 Å². The van der Waals surface area contributed by atoms with Crippen molar-refractivity contribution < 1.29 is 9.32 Å². The first kappa shape index (κ1) is 16.7. The molecule has 1 amide bonds. The summed E-state index contributed by atoms with van der Waals surface area (Å²) in [7, 11) is 0. The van der Waals surface area contributed by atoms with Gasteiger partial charge in [-0.3, -0.25) is 4.79 Å². The maximum Gasteiger partial charge on any atom is 0.242 e. The second-order valence-corrected chi connectivity index (χ2v) is 6.74. The van der Waals surface area contributed by atoms with Crippen LogP contribution in [0.4, 0.5) is 0 Å². The molecule has 7 heteroatoms. The first-order valence-electron chi connectivity index (χ1n) is 8.69. The van der Waals surface area contributed by atoms with E-state index in [0.717, 1.165) is 24.6 Å². The number of nitrogens with one attached hydrogen (secondary N) is 1. The molecule has 1 aliphatic rings. The van der Waals surface area contributed by atoms with Gasteiger partial charge in [0.1, 0.15) is 11.9 Å². The van der Waals surface area contributed by atoms with E-state index in [2.05, 4.69) is 34.3 Å². The van der Waals surface area contributed by atoms with Crippen LogP contribution in [0, 0.1) is 0 Å². The number of rotatable bonds is 7. The first-order valence-corrected chi connectivity index (χ1v) is 8.69. The first-order chi connectivity index (χ1) is 11.6. The number of amides is 1. The van der Waals surface area contributed by atoms with Crippen LogP contribution in [0.5, 0.6) is 0 Å². The zero-order valence-corrected chi connectivity index (χ0v) is 14.5. The third kappa shape index (κ3) is 3.49. The third-order valence-corrected chi connectivity index (χ3v) is 4.60. The Morgan fingerprint density at radius 2 is 2.21 bits per heavy atom. The molecular weight excluding hydrogens is 306 g/mol. The Bertz CT molecular complexity index is 687. The molecule has 0 unspecified atom stereocenters. The Morgan fingerprint density at radius 3 is 2.88 bits per heavy atom. The van der Waals surface area contributed by atoms with Gasteiger partial charge in [-0.2, -0.15) is 4.98 Å². The van der Waals surface area contributed by atoms with E-state index in [4.69, 9.17) is 4.52 Å². The molecule has 2 heterocycles. The van der Waals surface area contributed by atoms with Crippen LogP contribution < -0.4 is 5.32 Å². The van der Waals surface area contributed by atoms with E-state index in [1.807, 2.05) is 17.7 Å². The quantitative estimate of drug-likeness (QED) is 0.843. The summed E-state index contributed by atoms with van der Waals surface area (Å²) in [4.78, 5) is 21.1. The summed E-state index contributed by atoms with van der Waals surface area (Å²) in [5, 5.41) is 6.94. The second kappa shape index (κ2) is 7.15. The van der Waals surface area contributed by atoms with Crippen molar-refractivity contribution >= 4 is 5.91 Å².